The topological polar surface area (TPSA) is 29.5 Å². The lowest BCUT2D eigenvalue weighted by atomic mass is 9.92. The number of hydrogen-bond donors (Lipinski definition) is 1. The van der Waals surface area contributed by atoms with Crippen LogP contribution in [0.15, 0.2) is 30.8 Å². The quantitative estimate of drug-likeness (QED) is 0.719. The van der Waals surface area contributed by atoms with E-state index in [1.54, 1.807) is 0 Å². The van der Waals surface area contributed by atoms with E-state index in [9.17, 15) is 5.11 Å². The van der Waals surface area contributed by atoms with Crippen LogP contribution in [0.3, 0.4) is 0 Å². The Morgan fingerprint density at radius 1 is 1.14 bits per heavy atom. The maximum Gasteiger partial charge on any atom is 0.0692 e. The van der Waals surface area contributed by atoms with Crippen molar-refractivity contribution in [3.05, 3.63) is 42.0 Å². The molecule has 118 valence electrons. The summed E-state index contributed by atoms with van der Waals surface area (Å²) in [7, 11) is 0. The Kier molecular flexibility index (Phi) is 6.63. The van der Waals surface area contributed by atoms with Gasteiger partial charge in [0.1, 0.15) is 0 Å². The van der Waals surface area contributed by atoms with Gasteiger partial charge in [0.15, 0.2) is 0 Å². The van der Waals surface area contributed by atoms with E-state index in [1.807, 2.05) is 19.9 Å². The summed E-state index contributed by atoms with van der Waals surface area (Å²) in [6, 6.07) is 8.44. The Hall–Kier alpha value is -1.12. The van der Waals surface area contributed by atoms with Crippen LogP contribution in [0.2, 0.25) is 0 Å². The van der Waals surface area contributed by atoms with Crippen LogP contribution in [0.25, 0.3) is 6.08 Å². The molecule has 0 bridgehead atoms. The van der Waals surface area contributed by atoms with Crippen LogP contribution in [0.1, 0.15) is 58.1 Å². The predicted octanol–water partition coefficient (Wildman–Crippen LogP) is 4.61. The summed E-state index contributed by atoms with van der Waals surface area (Å²) in [5, 5.41) is 10.1. The molecule has 1 aromatic rings. The van der Waals surface area contributed by atoms with E-state index in [2.05, 4.69) is 44.7 Å². The van der Waals surface area contributed by atoms with Crippen LogP contribution < -0.4 is 0 Å². The van der Waals surface area contributed by atoms with Gasteiger partial charge < -0.3 is 9.84 Å². The van der Waals surface area contributed by atoms with E-state index in [1.165, 1.54) is 5.56 Å². The summed E-state index contributed by atoms with van der Waals surface area (Å²) in [6.45, 7) is 12.5. The summed E-state index contributed by atoms with van der Waals surface area (Å²) in [4.78, 5) is 0. The monoisotopic (exact) mass is 290 g/mol. The van der Waals surface area contributed by atoms with Gasteiger partial charge in [-0.25, -0.2) is 0 Å². The van der Waals surface area contributed by atoms with Crippen molar-refractivity contribution in [1.29, 1.82) is 0 Å². The number of benzene rings is 1. The molecule has 0 aromatic heterocycles. The minimum Gasteiger partial charge on any atom is -0.390 e. The van der Waals surface area contributed by atoms with E-state index in [-0.39, 0.29) is 5.60 Å². The van der Waals surface area contributed by atoms with Crippen molar-refractivity contribution in [2.24, 2.45) is 0 Å². The molecule has 0 fully saturated rings. The van der Waals surface area contributed by atoms with Gasteiger partial charge in [0.05, 0.1) is 17.8 Å². The molecule has 21 heavy (non-hydrogen) atoms. The third-order valence-electron chi connectivity index (χ3n) is 4.39. The zero-order chi connectivity index (χ0) is 15.9. The molecular formula is C19H30O2. The van der Waals surface area contributed by atoms with Crippen LogP contribution in [0, 0.1) is 0 Å². The second-order valence-corrected chi connectivity index (χ2v) is 6.37. The van der Waals surface area contributed by atoms with E-state index < -0.39 is 5.60 Å². The summed E-state index contributed by atoms with van der Waals surface area (Å²) < 4.78 is 6.10. The fourth-order valence-corrected chi connectivity index (χ4v) is 2.18. The molecule has 0 spiro atoms. The van der Waals surface area contributed by atoms with Gasteiger partial charge in [0.2, 0.25) is 0 Å². The van der Waals surface area contributed by atoms with Gasteiger partial charge in [0, 0.05) is 6.42 Å². The molecule has 1 rings (SSSR count). The normalized spacial score (nSPS) is 17.0. The zero-order valence-corrected chi connectivity index (χ0v) is 14.0. The maximum atomic E-state index is 10.1. The van der Waals surface area contributed by atoms with Gasteiger partial charge in [-0.1, -0.05) is 50.8 Å². The van der Waals surface area contributed by atoms with Crippen molar-refractivity contribution in [2.75, 3.05) is 6.61 Å². The zero-order valence-electron chi connectivity index (χ0n) is 14.0. The van der Waals surface area contributed by atoms with Gasteiger partial charge in [-0.2, -0.15) is 0 Å². The largest absolute Gasteiger partial charge is 0.390 e. The fourth-order valence-electron chi connectivity index (χ4n) is 2.18. The first-order chi connectivity index (χ1) is 9.84. The highest BCUT2D eigenvalue weighted by Crippen LogP contribution is 2.24. The molecule has 2 atom stereocenters. The molecule has 0 heterocycles. The maximum absolute atomic E-state index is 10.1. The standard InChI is InChI=1S/C19H30O2/c1-6-16-9-11-17(12-10-16)15-19(5,8-3)21-14-13-18(4,20)7-2/h6,9-12,20H,1,7-8,13-15H2,2-5H3. The van der Waals surface area contributed by atoms with Crippen molar-refractivity contribution in [2.45, 2.75) is 64.6 Å². The molecule has 2 heteroatoms. The Balaban J connectivity index is 2.60. The SMILES string of the molecule is C=Cc1ccc(CC(C)(CC)OCCC(C)(O)CC)cc1. The van der Waals surface area contributed by atoms with Crippen LogP contribution in [0.5, 0.6) is 0 Å². The predicted molar refractivity (Wildman–Crippen MR) is 90.4 cm³/mol. The van der Waals surface area contributed by atoms with Crippen molar-refractivity contribution < 1.29 is 9.84 Å². The molecule has 2 unspecified atom stereocenters. The van der Waals surface area contributed by atoms with E-state index in [0.717, 1.165) is 24.8 Å². The molecule has 2 nitrogen and oxygen atoms in total. The van der Waals surface area contributed by atoms with E-state index >= 15 is 0 Å². The second-order valence-electron chi connectivity index (χ2n) is 6.37. The average molecular weight is 290 g/mol. The Morgan fingerprint density at radius 3 is 2.24 bits per heavy atom. The molecule has 0 saturated heterocycles. The summed E-state index contributed by atoms with van der Waals surface area (Å²) in [5.41, 5.74) is 1.60. The van der Waals surface area contributed by atoms with Crippen molar-refractivity contribution >= 4 is 6.08 Å². The molecule has 0 aliphatic carbocycles. The van der Waals surface area contributed by atoms with Gasteiger partial charge in [-0.3, -0.25) is 0 Å². The van der Waals surface area contributed by atoms with Gasteiger partial charge in [-0.15, -0.1) is 0 Å². The summed E-state index contributed by atoms with van der Waals surface area (Å²) in [5.74, 6) is 0. The highest BCUT2D eigenvalue weighted by molar-refractivity contribution is 5.47. The Bertz CT molecular complexity index is 433. The molecule has 0 radical (unpaired) electrons. The van der Waals surface area contributed by atoms with E-state index in [0.29, 0.717) is 13.0 Å². The Morgan fingerprint density at radius 2 is 1.76 bits per heavy atom. The van der Waals surface area contributed by atoms with Crippen LogP contribution in [-0.4, -0.2) is 22.9 Å². The smallest absolute Gasteiger partial charge is 0.0692 e. The van der Waals surface area contributed by atoms with Crippen molar-refractivity contribution in [1.82, 2.24) is 0 Å². The summed E-state index contributed by atoms with van der Waals surface area (Å²) in [6.07, 6.45) is 5.11. The molecule has 0 amide bonds. The molecule has 0 aliphatic heterocycles. The van der Waals surface area contributed by atoms with Crippen molar-refractivity contribution in [3.63, 3.8) is 0 Å². The molecular weight excluding hydrogens is 260 g/mol. The molecule has 1 aromatic carbocycles. The highest BCUT2D eigenvalue weighted by atomic mass is 16.5. The number of hydrogen-bond acceptors (Lipinski definition) is 2. The van der Waals surface area contributed by atoms with Crippen LogP contribution in [-0.2, 0) is 11.2 Å². The van der Waals surface area contributed by atoms with E-state index in [4.69, 9.17) is 4.74 Å². The number of rotatable bonds is 9. The third-order valence-corrected chi connectivity index (χ3v) is 4.39. The second kappa shape index (κ2) is 7.77. The molecule has 0 saturated carbocycles. The first-order valence-corrected chi connectivity index (χ1v) is 7.92. The average Bonchev–Trinajstić information content (AvgIpc) is 2.48. The van der Waals surface area contributed by atoms with Gasteiger partial charge >= 0.3 is 0 Å². The minimum atomic E-state index is -0.625. The Labute approximate surface area is 129 Å². The number of ether oxygens (including phenoxy) is 1. The molecule has 0 aliphatic rings. The van der Waals surface area contributed by atoms with Gasteiger partial charge in [0.25, 0.3) is 0 Å². The lowest BCUT2D eigenvalue weighted by molar-refractivity contribution is -0.0625. The summed E-state index contributed by atoms with van der Waals surface area (Å²) >= 11 is 0. The highest BCUT2D eigenvalue weighted by Gasteiger charge is 2.25. The number of aliphatic hydroxyl groups is 1. The lowest BCUT2D eigenvalue weighted by Gasteiger charge is -2.31. The lowest BCUT2D eigenvalue weighted by Crippen LogP contribution is -2.34. The van der Waals surface area contributed by atoms with Crippen LogP contribution in [0.4, 0.5) is 0 Å². The third kappa shape index (κ3) is 6.03. The minimum absolute atomic E-state index is 0.181. The first kappa shape index (κ1) is 17.9. The van der Waals surface area contributed by atoms with Gasteiger partial charge in [-0.05, 0) is 44.2 Å². The first-order valence-electron chi connectivity index (χ1n) is 7.92. The van der Waals surface area contributed by atoms with Crippen LogP contribution >= 0.6 is 0 Å². The fraction of sp³-hybridized carbons (Fsp3) is 0.579. The molecule has 1 N–H and O–H groups in total. The van der Waals surface area contributed by atoms with Crippen molar-refractivity contribution in [3.8, 4) is 0 Å².